The Morgan fingerprint density at radius 2 is 1.73 bits per heavy atom. The van der Waals surface area contributed by atoms with Gasteiger partial charge in [-0.15, -0.1) is 11.3 Å². The van der Waals surface area contributed by atoms with Gasteiger partial charge in [-0.3, -0.25) is 5.32 Å². The first-order valence-corrected chi connectivity index (χ1v) is 18.1. The number of ether oxygens (including phenoxy) is 3. The van der Waals surface area contributed by atoms with Gasteiger partial charge in [-0.2, -0.15) is 4.73 Å². The van der Waals surface area contributed by atoms with Crippen molar-refractivity contribution in [3.63, 3.8) is 0 Å². The molecule has 0 saturated carbocycles. The normalized spacial score (nSPS) is 21.5. The number of nitrogens with one attached hydrogen (secondary N) is 1. The van der Waals surface area contributed by atoms with Gasteiger partial charge in [0.05, 0.1) is 27.3 Å². The summed E-state index contributed by atoms with van der Waals surface area (Å²) in [5, 5.41) is 39.2. The monoisotopic (exact) mass is 755 g/mol. The van der Waals surface area contributed by atoms with Crippen LogP contribution < -0.4 is 19.5 Å². The lowest BCUT2D eigenvalue weighted by molar-refractivity contribution is -0.900. The van der Waals surface area contributed by atoms with Crippen molar-refractivity contribution in [3.05, 3.63) is 119 Å². The summed E-state index contributed by atoms with van der Waals surface area (Å²) < 4.78 is 17.3. The molecule has 2 bridgehead atoms. The standard InChI is InChI=1S/C37H39Cl2N3O8S/c1-37(24-7-5-4-6-8-24,36(45)50-33-21-42(47)13-11-22(33)12-14-42)40-18-25-16-27(34(51-25)35(43)44)26(17-28-29(38)19-41(46)20-30(28)39)23-9-10-31(48-2)32(15-23)49-3/h4-10,15-16,19-20,22,26,33,40H,11-14,17-18,21H2,1-3H3,(H,43,44)/t22?,26-,33-,37?,42?/m0/s1. The van der Waals surface area contributed by atoms with Crippen molar-refractivity contribution < 1.29 is 38.3 Å². The number of quaternary nitrogens is 1. The molecule has 0 aliphatic carbocycles. The Kier molecular flexibility index (Phi) is 10.8. The van der Waals surface area contributed by atoms with Crippen molar-refractivity contribution in [2.24, 2.45) is 5.92 Å². The molecule has 3 fully saturated rings. The van der Waals surface area contributed by atoms with E-state index in [0.717, 1.165) is 24.2 Å². The number of benzene rings is 2. The second-order valence-corrected chi connectivity index (χ2v) is 15.2. The van der Waals surface area contributed by atoms with E-state index in [2.05, 4.69) is 5.32 Å². The van der Waals surface area contributed by atoms with Crippen LogP contribution >= 0.6 is 34.5 Å². The molecule has 51 heavy (non-hydrogen) atoms. The molecular weight excluding hydrogens is 717 g/mol. The highest BCUT2D eigenvalue weighted by atomic mass is 35.5. The lowest BCUT2D eigenvalue weighted by Crippen LogP contribution is -2.62. The summed E-state index contributed by atoms with van der Waals surface area (Å²) in [7, 11) is 3.03. The van der Waals surface area contributed by atoms with Gasteiger partial charge in [0.2, 0.25) is 0 Å². The highest BCUT2D eigenvalue weighted by Crippen LogP contribution is 2.41. The lowest BCUT2D eigenvalue weighted by Gasteiger charge is -2.55. The molecular formula is C37H39Cl2N3O8S. The zero-order chi connectivity index (χ0) is 36.5. The highest BCUT2D eigenvalue weighted by Gasteiger charge is 2.46. The van der Waals surface area contributed by atoms with Gasteiger partial charge >= 0.3 is 11.9 Å². The highest BCUT2D eigenvalue weighted by molar-refractivity contribution is 7.14. The minimum absolute atomic E-state index is 0.0920. The number of esters is 1. The molecule has 3 saturated heterocycles. The van der Waals surface area contributed by atoms with E-state index in [0.29, 0.717) is 56.4 Å². The molecule has 0 spiro atoms. The first kappa shape index (κ1) is 36.9. The minimum Gasteiger partial charge on any atom is -0.633 e. The fraction of sp³-hybridized carbons (Fsp3) is 0.378. The summed E-state index contributed by atoms with van der Waals surface area (Å²) in [6.45, 7) is 3.22. The lowest BCUT2D eigenvalue weighted by atomic mass is 9.84. The van der Waals surface area contributed by atoms with E-state index in [9.17, 15) is 25.1 Å². The molecule has 14 heteroatoms. The Balaban J connectivity index is 1.35. The number of fused-ring (bicyclic) bond motifs is 3. The molecule has 2 N–H and O–H groups in total. The number of aromatic nitrogens is 1. The number of nitrogens with zero attached hydrogens (tertiary/aromatic N) is 2. The van der Waals surface area contributed by atoms with E-state index in [1.807, 2.05) is 36.4 Å². The predicted molar refractivity (Wildman–Crippen MR) is 193 cm³/mol. The first-order valence-electron chi connectivity index (χ1n) is 16.6. The molecule has 5 heterocycles. The van der Waals surface area contributed by atoms with Gasteiger partial charge in [0.15, 0.2) is 30.0 Å². The second-order valence-electron chi connectivity index (χ2n) is 13.3. The number of carboxylic acids is 1. The second kappa shape index (κ2) is 15.0. The maximum atomic E-state index is 14.1. The van der Waals surface area contributed by atoms with Crippen LogP contribution in [0, 0.1) is 16.3 Å². The maximum Gasteiger partial charge on any atom is 0.346 e. The maximum absolute atomic E-state index is 14.1. The van der Waals surface area contributed by atoms with Gasteiger partial charge in [0.25, 0.3) is 0 Å². The van der Waals surface area contributed by atoms with Crippen LogP contribution in [0.2, 0.25) is 10.0 Å². The van der Waals surface area contributed by atoms with E-state index in [4.69, 9.17) is 37.4 Å². The summed E-state index contributed by atoms with van der Waals surface area (Å²) in [6, 6.07) is 16.3. The van der Waals surface area contributed by atoms with Crippen LogP contribution in [0.15, 0.2) is 67.0 Å². The number of halogens is 2. The number of aromatic carboxylic acids is 1. The largest absolute Gasteiger partial charge is 0.633 e. The number of methoxy groups -OCH3 is 2. The Hall–Kier alpha value is -3.91. The number of hydroxylamine groups is 3. The summed E-state index contributed by atoms with van der Waals surface area (Å²) in [6.07, 6.45) is 3.55. The van der Waals surface area contributed by atoms with Gasteiger partial charge in [-0.25, -0.2) is 9.59 Å². The first-order chi connectivity index (χ1) is 24.3. The van der Waals surface area contributed by atoms with Gasteiger partial charge in [-0.1, -0.05) is 59.6 Å². The Morgan fingerprint density at radius 1 is 1.06 bits per heavy atom. The average Bonchev–Trinajstić information content (AvgIpc) is 3.55. The van der Waals surface area contributed by atoms with Gasteiger partial charge < -0.3 is 34.4 Å². The zero-order valence-corrected chi connectivity index (χ0v) is 30.7. The number of hydrogen-bond acceptors (Lipinski definition) is 9. The third-order valence-corrected chi connectivity index (χ3v) is 11.9. The van der Waals surface area contributed by atoms with Crippen molar-refractivity contribution in [1.82, 2.24) is 5.32 Å². The van der Waals surface area contributed by atoms with Gasteiger partial charge in [0, 0.05) is 41.7 Å². The molecule has 3 aliphatic rings. The number of carbonyl (C=O) groups is 2. The van der Waals surface area contributed by atoms with Crippen molar-refractivity contribution in [2.75, 3.05) is 33.9 Å². The Morgan fingerprint density at radius 3 is 2.33 bits per heavy atom. The minimum atomic E-state index is -1.31. The van der Waals surface area contributed by atoms with Crippen molar-refractivity contribution in [2.45, 2.75) is 50.3 Å². The molecule has 11 nitrogen and oxygen atoms in total. The molecule has 0 radical (unpaired) electrons. The fourth-order valence-electron chi connectivity index (χ4n) is 7.18. The molecule has 2 aromatic heterocycles. The zero-order valence-electron chi connectivity index (χ0n) is 28.4. The van der Waals surface area contributed by atoms with Crippen molar-refractivity contribution >= 4 is 46.5 Å². The van der Waals surface area contributed by atoms with E-state index in [-0.39, 0.29) is 45.0 Å². The number of carbonyl (C=O) groups excluding carboxylic acids is 1. The van der Waals surface area contributed by atoms with Gasteiger partial charge in [0.1, 0.15) is 27.0 Å². The Labute approximate surface area is 310 Å². The third kappa shape index (κ3) is 7.67. The molecule has 1 unspecified atom stereocenters. The van der Waals surface area contributed by atoms with Crippen molar-refractivity contribution in [3.8, 4) is 11.5 Å². The number of rotatable bonds is 13. The van der Waals surface area contributed by atoms with Crippen LogP contribution in [0.1, 0.15) is 62.5 Å². The summed E-state index contributed by atoms with van der Waals surface area (Å²) >= 11 is 14.1. The number of hydrogen-bond donors (Lipinski definition) is 2. The van der Waals surface area contributed by atoms with E-state index in [1.165, 1.54) is 26.6 Å². The summed E-state index contributed by atoms with van der Waals surface area (Å²) in [5.74, 6) is -1.13. The molecule has 3 aliphatic heterocycles. The quantitative estimate of drug-likeness (QED) is 0.0683. The molecule has 270 valence electrons. The van der Waals surface area contributed by atoms with Crippen LogP contribution in [0.25, 0.3) is 0 Å². The third-order valence-electron chi connectivity index (χ3n) is 10.1. The number of thiophene rings is 1. The molecule has 4 aromatic rings. The summed E-state index contributed by atoms with van der Waals surface area (Å²) in [5.41, 5.74) is 1.03. The van der Waals surface area contributed by atoms with Crippen LogP contribution in [0.3, 0.4) is 0 Å². The molecule has 2 aromatic carbocycles. The topological polar surface area (TPSA) is 144 Å². The average molecular weight is 757 g/mol. The van der Waals surface area contributed by atoms with E-state index in [1.54, 1.807) is 25.1 Å². The molecule has 7 rings (SSSR count). The van der Waals surface area contributed by atoms with Crippen LogP contribution in [0.5, 0.6) is 11.5 Å². The van der Waals surface area contributed by atoms with Crippen LogP contribution in [-0.4, -0.2) is 61.6 Å². The van der Waals surface area contributed by atoms with E-state index < -0.39 is 29.5 Å². The summed E-state index contributed by atoms with van der Waals surface area (Å²) in [4.78, 5) is 27.6. The van der Waals surface area contributed by atoms with Crippen molar-refractivity contribution in [1.29, 1.82) is 0 Å². The predicted octanol–water partition coefficient (Wildman–Crippen LogP) is 6.43. The van der Waals surface area contributed by atoms with E-state index >= 15 is 0 Å². The molecule has 3 atom stereocenters. The van der Waals surface area contributed by atoms with Gasteiger partial charge in [-0.05, 0) is 48.2 Å². The number of carboxylic acid groups (broad SMARTS) is 1. The smallest absolute Gasteiger partial charge is 0.346 e. The SMILES string of the molecule is COc1ccc([C@H](Cc2c(Cl)c[n+]([O-])cc2Cl)c2cc(CNC(C)(C(=O)O[C@H]3C[N+]4([O-])CCC3CC4)c3ccccc3)sc2C(=O)O)cc1OC. The number of piperidine rings is 3. The molecule has 0 amide bonds. The van der Waals surface area contributed by atoms with Crippen LogP contribution in [-0.2, 0) is 28.0 Å². The van der Waals surface area contributed by atoms with Crippen LogP contribution in [0.4, 0.5) is 0 Å². The Bertz CT molecular complexity index is 1890. The number of pyridine rings is 1. The fourth-order valence-corrected chi connectivity index (χ4v) is 8.78.